The molecule has 0 aromatic heterocycles. The number of aromatic hydroxyl groups is 1. The number of halogens is 1. The van der Waals surface area contributed by atoms with Crippen molar-refractivity contribution in [2.45, 2.75) is 16.7 Å². The molecule has 144 valence electrons. The number of hydrogen-bond donors (Lipinski definition) is 2. The van der Waals surface area contributed by atoms with Crippen molar-refractivity contribution in [3.05, 3.63) is 35.4 Å². The Morgan fingerprint density at radius 1 is 1.22 bits per heavy atom. The van der Waals surface area contributed by atoms with Crippen LogP contribution in [0.4, 0.5) is 17.1 Å². The van der Waals surface area contributed by atoms with E-state index >= 15 is 0 Å². The Morgan fingerprint density at radius 2 is 1.85 bits per heavy atom. The van der Waals surface area contributed by atoms with E-state index in [-0.39, 0.29) is 37.6 Å². The van der Waals surface area contributed by atoms with Crippen molar-refractivity contribution in [3.63, 3.8) is 0 Å². The third-order valence-corrected chi connectivity index (χ3v) is 5.23. The van der Waals surface area contributed by atoms with Crippen molar-refractivity contribution in [3.8, 4) is 5.75 Å². The third-order valence-electron chi connectivity index (χ3n) is 3.16. The Balaban J connectivity index is 2.57. The lowest BCUT2D eigenvalue weighted by Crippen LogP contribution is -2.05. The summed E-state index contributed by atoms with van der Waals surface area (Å²) < 4.78 is 46.0. The van der Waals surface area contributed by atoms with Crippen LogP contribution in [0.1, 0.15) is 6.92 Å². The van der Waals surface area contributed by atoms with Crippen LogP contribution in [0.15, 0.2) is 50.4 Å². The van der Waals surface area contributed by atoms with Crippen LogP contribution in [0, 0.1) is 0 Å². The number of azo groups is 1. The fraction of sp³-hybridized carbons (Fsp3) is 0.133. The molecular weight excluding hydrogens is 418 g/mol. The summed E-state index contributed by atoms with van der Waals surface area (Å²) in [5.41, 5.74) is 0.0555. The zero-order valence-electron chi connectivity index (χ0n) is 14.0. The molecule has 0 fully saturated rings. The summed E-state index contributed by atoms with van der Waals surface area (Å²) >= 11 is 3.22. The van der Waals surface area contributed by atoms with Crippen LogP contribution in [-0.2, 0) is 25.7 Å². The van der Waals surface area contributed by atoms with Gasteiger partial charge in [-0.05, 0) is 35.3 Å². The molecule has 0 saturated carbocycles. The average Bonchev–Trinajstić information content (AvgIpc) is 2.55. The molecule has 2 rings (SSSR count). The number of phenolic OH excluding ortho intramolecular Hbond substituents is 1. The molecule has 0 aliphatic rings. The van der Waals surface area contributed by atoms with Gasteiger partial charge in [0.05, 0.1) is 15.6 Å². The van der Waals surface area contributed by atoms with Gasteiger partial charge in [0.25, 0.3) is 0 Å². The van der Waals surface area contributed by atoms with E-state index in [4.69, 9.17) is 11.6 Å². The van der Waals surface area contributed by atoms with Crippen LogP contribution in [0.25, 0.3) is 0 Å². The fourth-order valence-corrected chi connectivity index (χ4v) is 3.46. The van der Waals surface area contributed by atoms with Crippen LogP contribution in [0.5, 0.6) is 5.75 Å². The van der Waals surface area contributed by atoms with Crippen LogP contribution >= 0.6 is 11.6 Å². The summed E-state index contributed by atoms with van der Waals surface area (Å²) in [7, 11) is -3.80. The highest BCUT2D eigenvalue weighted by molar-refractivity contribution is 7.91. The van der Waals surface area contributed by atoms with Gasteiger partial charge in [0.15, 0.2) is 9.84 Å². The summed E-state index contributed by atoms with van der Waals surface area (Å²) in [6.07, 6.45) is 0.902. The molecule has 2 aromatic rings. The van der Waals surface area contributed by atoms with Gasteiger partial charge in [0.2, 0.25) is 5.91 Å². The molecule has 0 aliphatic heterocycles. The van der Waals surface area contributed by atoms with Crippen LogP contribution < -0.4 is 5.32 Å². The quantitative estimate of drug-likeness (QED) is 0.550. The first-order valence-corrected chi connectivity index (χ1v) is 10.5. The van der Waals surface area contributed by atoms with E-state index in [2.05, 4.69) is 15.5 Å². The summed E-state index contributed by atoms with van der Waals surface area (Å²) in [4.78, 5) is 10.7. The lowest BCUT2D eigenvalue weighted by atomic mass is 10.2. The standard InChI is InChI=1S/C15H14ClN3O6S2/c1-8(20)17-12-7-14(21)10(16)6-13(12)19-18-11-4-3-9(26(22)23)5-15(11)27(2,24)25/h3-7,21H,1-2H3,(H,17,20)(H,22,23)/p-1. The zero-order chi connectivity index (χ0) is 20.4. The smallest absolute Gasteiger partial charge is 0.221 e. The minimum Gasteiger partial charge on any atom is -0.768 e. The third kappa shape index (κ3) is 5.32. The second-order valence-electron chi connectivity index (χ2n) is 5.34. The molecule has 9 nitrogen and oxygen atoms in total. The first-order valence-electron chi connectivity index (χ1n) is 7.14. The predicted octanol–water partition coefficient (Wildman–Crippen LogP) is 3.06. The number of carbonyl (C=O) groups is 1. The largest absolute Gasteiger partial charge is 0.768 e. The van der Waals surface area contributed by atoms with Gasteiger partial charge < -0.3 is 15.0 Å². The van der Waals surface area contributed by atoms with E-state index in [0.717, 1.165) is 12.3 Å². The van der Waals surface area contributed by atoms with Crippen LogP contribution in [0.2, 0.25) is 5.02 Å². The molecule has 0 radical (unpaired) electrons. The van der Waals surface area contributed by atoms with E-state index in [9.17, 15) is 27.1 Å². The maximum absolute atomic E-state index is 11.9. The molecular formula is C15H13ClN3O6S2-. The minimum absolute atomic E-state index is 0.0570. The highest BCUT2D eigenvalue weighted by Crippen LogP contribution is 2.37. The summed E-state index contributed by atoms with van der Waals surface area (Å²) in [6.45, 7) is 1.25. The number of benzene rings is 2. The maximum atomic E-state index is 11.9. The number of sulfone groups is 1. The van der Waals surface area contributed by atoms with Gasteiger partial charge in [-0.1, -0.05) is 11.6 Å². The summed E-state index contributed by atoms with van der Waals surface area (Å²) in [6, 6.07) is 5.72. The van der Waals surface area contributed by atoms with Gasteiger partial charge in [-0.2, -0.15) is 0 Å². The maximum Gasteiger partial charge on any atom is 0.221 e. The van der Waals surface area contributed by atoms with Crippen LogP contribution in [-0.4, -0.2) is 34.4 Å². The van der Waals surface area contributed by atoms with Gasteiger partial charge in [0.1, 0.15) is 17.1 Å². The molecule has 12 heteroatoms. The Labute approximate surface area is 162 Å². The van der Waals surface area contributed by atoms with Crippen molar-refractivity contribution < 1.29 is 27.1 Å². The topological polar surface area (TPSA) is 148 Å². The second kappa shape index (κ2) is 8.13. The number of hydrogen-bond acceptors (Lipinski definition) is 8. The highest BCUT2D eigenvalue weighted by Gasteiger charge is 2.15. The molecule has 0 saturated heterocycles. The van der Waals surface area contributed by atoms with Gasteiger partial charge in [-0.3, -0.25) is 9.00 Å². The number of amides is 1. The first-order chi connectivity index (χ1) is 12.5. The van der Waals surface area contributed by atoms with E-state index in [0.29, 0.717) is 0 Å². The number of nitrogens with zero attached hydrogens (tertiary/aromatic N) is 2. The molecule has 27 heavy (non-hydrogen) atoms. The number of rotatable bonds is 5. The Bertz CT molecular complexity index is 1070. The summed E-state index contributed by atoms with van der Waals surface area (Å²) in [5, 5.41) is 19.8. The van der Waals surface area contributed by atoms with Crippen molar-refractivity contribution in [2.24, 2.45) is 10.2 Å². The highest BCUT2D eigenvalue weighted by atomic mass is 35.5. The van der Waals surface area contributed by atoms with Crippen molar-refractivity contribution in [2.75, 3.05) is 11.6 Å². The van der Waals surface area contributed by atoms with Gasteiger partial charge in [-0.15, -0.1) is 10.2 Å². The Kier molecular flexibility index (Phi) is 6.31. The molecule has 2 aromatic carbocycles. The van der Waals surface area contributed by atoms with Crippen molar-refractivity contribution >= 4 is 55.5 Å². The minimum atomic E-state index is -3.80. The number of phenols is 1. The number of carbonyl (C=O) groups excluding carboxylic acids is 1. The number of nitrogens with one attached hydrogen (secondary N) is 1. The molecule has 0 bridgehead atoms. The molecule has 1 unspecified atom stereocenters. The number of anilines is 1. The summed E-state index contributed by atoms with van der Waals surface area (Å²) in [5.74, 6) is -0.731. The molecule has 0 heterocycles. The normalized spacial score (nSPS) is 12.9. The lowest BCUT2D eigenvalue weighted by Gasteiger charge is -2.10. The Morgan fingerprint density at radius 3 is 2.41 bits per heavy atom. The molecule has 1 amide bonds. The monoisotopic (exact) mass is 430 g/mol. The average molecular weight is 431 g/mol. The van der Waals surface area contributed by atoms with Gasteiger partial charge in [-0.25, -0.2) is 8.42 Å². The van der Waals surface area contributed by atoms with E-state index in [1.165, 1.54) is 31.2 Å². The van der Waals surface area contributed by atoms with E-state index in [1.807, 2.05) is 0 Å². The van der Waals surface area contributed by atoms with Crippen molar-refractivity contribution in [1.82, 2.24) is 0 Å². The van der Waals surface area contributed by atoms with Crippen molar-refractivity contribution in [1.29, 1.82) is 0 Å². The molecule has 2 N–H and O–H groups in total. The van der Waals surface area contributed by atoms with Gasteiger partial charge in [0, 0.05) is 24.1 Å². The molecule has 0 aliphatic carbocycles. The van der Waals surface area contributed by atoms with Gasteiger partial charge >= 0.3 is 0 Å². The van der Waals surface area contributed by atoms with E-state index < -0.39 is 26.8 Å². The zero-order valence-corrected chi connectivity index (χ0v) is 16.4. The first kappa shape index (κ1) is 21.0. The predicted molar refractivity (Wildman–Crippen MR) is 98.3 cm³/mol. The molecule has 0 spiro atoms. The SMILES string of the molecule is CC(=O)Nc1cc(O)c(Cl)cc1N=Nc1ccc(S(=O)[O-])cc1S(C)(=O)=O. The fourth-order valence-electron chi connectivity index (χ4n) is 2.01. The molecule has 1 atom stereocenters. The lowest BCUT2D eigenvalue weighted by molar-refractivity contribution is -0.114. The second-order valence-corrected chi connectivity index (χ2v) is 8.67. The van der Waals surface area contributed by atoms with Crippen LogP contribution in [0.3, 0.4) is 0 Å². The Hall–Kier alpha value is -2.34. The van der Waals surface area contributed by atoms with E-state index in [1.54, 1.807) is 0 Å².